The molecule has 63 valence electrons. The Morgan fingerprint density at radius 2 is 2.07 bits per heavy atom. The molecular formula is C9H3BN3O. The van der Waals surface area contributed by atoms with Crippen LogP contribution < -0.4 is 5.43 Å². The van der Waals surface area contributed by atoms with Gasteiger partial charge in [0.05, 0.1) is 0 Å². The van der Waals surface area contributed by atoms with E-state index in [0.29, 0.717) is 21.8 Å². The van der Waals surface area contributed by atoms with Crippen LogP contribution in [0.1, 0.15) is 0 Å². The second-order valence-electron chi connectivity index (χ2n) is 3.08. The van der Waals surface area contributed by atoms with Gasteiger partial charge in [-0.05, 0) is 0 Å². The van der Waals surface area contributed by atoms with Crippen LogP contribution in [0.25, 0.3) is 21.8 Å². The van der Waals surface area contributed by atoms with Crippen LogP contribution in [-0.2, 0) is 0 Å². The molecule has 0 aliphatic rings. The summed E-state index contributed by atoms with van der Waals surface area (Å²) in [5.41, 5.74) is 0.921. The zero-order valence-electron chi connectivity index (χ0n) is 7.06. The molecule has 2 aromatic carbocycles. The van der Waals surface area contributed by atoms with E-state index in [1.807, 2.05) is 0 Å². The summed E-state index contributed by atoms with van der Waals surface area (Å²) in [6.07, 6.45) is 0. The van der Waals surface area contributed by atoms with Crippen molar-refractivity contribution in [2.24, 2.45) is 0 Å². The number of hydrogen-bond donors (Lipinski definition) is 0. The first-order chi connectivity index (χ1) is 6.79. The minimum atomic E-state index is -0.187. The van der Waals surface area contributed by atoms with Gasteiger partial charge in [0.25, 0.3) is 0 Å². The Morgan fingerprint density at radius 1 is 1.21 bits per heavy atom. The Balaban J connectivity index is 2.91. The van der Waals surface area contributed by atoms with Crippen LogP contribution in [0.15, 0.2) is 23.0 Å². The maximum absolute atomic E-state index is 11.6. The van der Waals surface area contributed by atoms with Crippen LogP contribution in [-0.4, -0.2) is 22.9 Å². The number of aromatic nitrogens is 3. The second kappa shape index (κ2) is 2.32. The summed E-state index contributed by atoms with van der Waals surface area (Å²) in [5.74, 6) is 0. The predicted octanol–water partition coefficient (Wildman–Crippen LogP) is 0.114. The molecule has 0 spiro atoms. The molecule has 1 radical (unpaired) electrons. The molecule has 3 rings (SSSR count). The van der Waals surface area contributed by atoms with Crippen LogP contribution in [0.3, 0.4) is 0 Å². The molecule has 1 heterocycles. The summed E-state index contributed by atoms with van der Waals surface area (Å²) >= 11 is 0. The number of nitrogens with zero attached hydrogens (tertiary/aromatic N) is 3. The van der Waals surface area contributed by atoms with Gasteiger partial charge in [0.2, 0.25) is 0 Å². The third-order valence-corrected chi connectivity index (χ3v) is 2.32. The minimum absolute atomic E-state index is 0.158. The van der Waals surface area contributed by atoms with Gasteiger partial charge in [0, 0.05) is 0 Å². The molecule has 0 unspecified atom stereocenters. The van der Waals surface area contributed by atoms with E-state index in [1.165, 1.54) is 0 Å². The summed E-state index contributed by atoms with van der Waals surface area (Å²) in [5, 5.41) is 12.6. The van der Waals surface area contributed by atoms with Gasteiger partial charge in [-0.2, -0.15) is 0 Å². The van der Waals surface area contributed by atoms with Crippen LogP contribution in [0.4, 0.5) is 0 Å². The van der Waals surface area contributed by atoms with Crippen molar-refractivity contribution >= 4 is 29.3 Å². The van der Waals surface area contributed by atoms with Crippen molar-refractivity contribution < 1.29 is 0 Å². The van der Waals surface area contributed by atoms with E-state index in [9.17, 15) is 4.79 Å². The number of hydrogen-bond acceptors (Lipinski definition) is 4. The first-order valence-electron chi connectivity index (χ1n) is 4.08. The molecule has 4 nitrogen and oxygen atoms in total. The van der Waals surface area contributed by atoms with Crippen LogP contribution in [0, 0.1) is 5.11 Å². The monoisotopic (exact) mass is 180 g/mol. The molecule has 1 aromatic heterocycles. The fraction of sp³-hybridized carbons (Fsp3) is 0. The van der Waals surface area contributed by atoms with Gasteiger partial charge in [-0.3, -0.25) is 0 Å². The maximum atomic E-state index is 11.6. The van der Waals surface area contributed by atoms with E-state index in [2.05, 4.69) is 15.4 Å². The summed E-state index contributed by atoms with van der Waals surface area (Å²) in [4.78, 5) is 11.6. The van der Waals surface area contributed by atoms with Crippen molar-refractivity contribution in [3.05, 3.63) is 33.5 Å². The third-order valence-electron chi connectivity index (χ3n) is 2.32. The van der Waals surface area contributed by atoms with Gasteiger partial charge in [0.15, 0.2) is 0 Å². The second-order valence-corrected chi connectivity index (χ2v) is 3.08. The van der Waals surface area contributed by atoms with Gasteiger partial charge in [0.1, 0.15) is 0 Å². The van der Waals surface area contributed by atoms with E-state index in [-0.39, 0.29) is 10.5 Å². The Kier molecular flexibility index (Phi) is 1.24. The van der Waals surface area contributed by atoms with Gasteiger partial charge < -0.3 is 0 Å². The third kappa shape index (κ3) is 0.718. The topological polar surface area (TPSA) is 55.7 Å². The van der Waals surface area contributed by atoms with Crippen molar-refractivity contribution in [1.29, 1.82) is 0 Å². The van der Waals surface area contributed by atoms with E-state index >= 15 is 0 Å². The number of rotatable bonds is 0. The molecule has 3 aromatic rings. The van der Waals surface area contributed by atoms with Crippen molar-refractivity contribution in [1.82, 2.24) is 15.4 Å². The van der Waals surface area contributed by atoms with E-state index in [0.717, 1.165) is 0 Å². The van der Waals surface area contributed by atoms with Gasteiger partial charge in [-0.15, -0.1) is 0 Å². The Labute approximate surface area is 79.0 Å². The van der Waals surface area contributed by atoms with E-state index < -0.39 is 0 Å². The van der Waals surface area contributed by atoms with Crippen molar-refractivity contribution in [2.45, 2.75) is 0 Å². The van der Waals surface area contributed by atoms with Gasteiger partial charge in [-0.25, -0.2) is 0 Å². The fourth-order valence-electron chi connectivity index (χ4n) is 1.67. The summed E-state index contributed by atoms with van der Waals surface area (Å²) in [6.45, 7) is 0. The van der Waals surface area contributed by atoms with Crippen LogP contribution in [0.2, 0.25) is 0 Å². The molecule has 0 fully saturated rings. The Hall–Kier alpha value is -1.91. The quantitative estimate of drug-likeness (QED) is 0.461. The molecule has 0 N–H and O–H groups in total. The van der Waals surface area contributed by atoms with Crippen molar-refractivity contribution in [3.63, 3.8) is 0 Å². The zero-order chi connectivity index (χ0) is 9.71. The summed E-state index contributed by atoms with van der Waals surface area (Å²) in [6, 6.07) is 5.26. The molecule has 0 saturated carbocycles. The average molecular weight is 180 g/mol. The molecule has 14 heavy (non-hydrogen) atoms. The van der Waals surface area contributed by atoms with E-state index in [4.69, 9.17) is 7.49 Å². The zero-order valence-corrected chi connectivity index (χ0v) is 7.06. The number of benzene rings is 1. The molecule has 0 amide bonds. The van der Waals surface area contributed by atoms with E-state index in [1.54, 1.807) is 18.2 Å². The molecule has 5 heteroatoms. The Morgan fingerprint density at radius 3 is 2.93 bits per heavy atom. The summed E-state index contributed by atoms with van der Waals surface area (Å²) in [7, 11) is 5.62. The van der Waals surface area contributed by atoms with Crippen molar-refractivity contribution in [2.75, 3.05) is 0 Å². The van der Waals surface area contributed by atoms with Gasteiger partial charge >= 0.3 is 78.2 Å². The SMILES string of the molecule is [B]=c1c(=O)c2cccc3nnnc1c32. The van der Waals surface area contributed by atoms with Crippen LogP contribution in [0.5, 0.6) is 0 Å². The van der Waals surface area contributed by atoms with Crippen LogP contribution >= 0.6 is 0 Å². The first kappa shape index (κ1) is 7.49. The molecule has 0 atom stereocenters. The molecule has 0 bridgehead atoms. The molecule has 0 aliphatic carbocycles. The molecular weight excluding hydrogens is 177 g/mol. The first-order valence-corrected chi connectivity index (χ1v) is 4.08. The normalized spacial score (nSPS) is 11.4. The molecule has 0 saturated heterocycles. The fourth-order valence-corrected chi connectivity index (χ4v) is 1.67. The predicted molar refractivity (Wildman–Crippen MR) is 52.5 cm³/mol. The van der Waals surface area contributed by atoms with Gasteiger partial charge in [-0.1, -0.05) is 0 Å². The van der Waals surface area contributed by atoms with Crippen molar-refractivity contribution in [3.8, 4) is 0 Å². The Bertz CT molecular complexity index is 669. The molecule has 0 aliphatic heterocycles. The summed E-state index contributed by atoms with van der Waals surface area (Å²) < 4.78 is 0. The average Bonchev–Trinajstić information content (AvgIpc) is 2.47. The standard InChI is InChI=1S/C9H3BN3O/c10-7-8-6-4(9(7)14)2-1-3-5(6)11-13-12-8/h1-3H.